The van der Waals surface area contributed by atoms with E-state index < -0.39 is 6.10 Å². The molecule has 0 aromatic heterocycles. The third kappa shape index (κ3) is 55.0. The molecule has 390 valence electrons. The average molecular weight is 930 g/mol. The van der Waals surface area contributed by atoms with Crippen molar-refractivity contribution >= 4 is 11.9 Å². The Labute approximate surface area is 413 Å². The normalized spacial score (nSPS) is 12.2. The number of ether oxygens (including phenoxy) is 3. The lowest BCUT2D eigenvalue weighted by atomic mass is 10.0. The number of carbonyl (C=O) groups excluding carboxylic acids is 2. The first-order chi connectivity index (χ1) is 32.6. The maximum atomic E-state index is 12.9. The van der Waals surface area contributed by atoms with E-state index >= 15 is 0 Å². The Kier molecular flexibility index (Phi) is 56.3. The zero-order chi connectivity index (χ0) is 47.7. The summed E-state index contributed by atoms with van der Waals surface area (Å²) in [5, 5.41) is 0. The Morgan fingerprint density at radius 2 is 0.606 bits per heavy atom. The predicted octanol–water partition coefficient (Wildman–Crippen LogP) is 20.4. The zero-order valence-electron chi connectivity index (χ0n) is 45.0. The minimum Gasteiger partial charge on any atom is -0.462 e. The smallest absolute Gasteiger partial charge is 0.306 e. The fourth-order valence-corrected chi connectivity index (χ4v) is 8.96. The van der Waals surface area contributed by atoms with Crippen molar-refractivity contribution in [1.82, 2.24) is 0 Å². The Hall–Kier alpha value is -1.62. The summed E-state index contributed by atoms with van der Waals surface area (Å²) >= 11 is 0. The highest BCUT2D eigenvalue weighted by Crippen LogP contribution is 2.17. The molecule has 0 spiro atoms. The first-order valence-electron chi connectivity index (χ1n) is 29.9. The van der Waals surface area contributed by atoms with Crippen LogP contribution >= 0.6 is 0 Å². The van der Waals surface area contributed by atoms with Crippen LogP contribution in [0.15, 0.2) is 24.3 Å². The molecule has 0 aromatic carbocycles. The van der Waals surface area contributed by atoms with Crippen LogP contribution in [0.2, 0.25) is 0 Å². The Balaban J connectivity index is 4.17. The lowest BCUT2D eigenvalue weighted by molar-refractivity contribution is -0.163. The molecule has 0 amide bonds. The summed E-state index contributed by atoms with van der Waals surface area (Å²) in [5.74, 6) is -0.380. The maximum Gasteiger partial charge on any atom is 0.306 e. The van der Waals surface area contributed by atoms with Gasteiger partial charge in [-0.05, 0) is 64.2 Å². The van der Waals surface area contributed by atoms with Crippen molar-refractivity contribution in [3.63, 3.8) is 0 Å². The predicted molar refractivity (Wildman–Crippen MR) is 289 cm³/mol. The van der Waals surface area contributed by atoms with Crippen LogP contribution in [-0.2, 0) is 23.8 Å². The van der Waals surface area contributed by atoms with E-state index in [1.807, 2.05) is 0 Å². The van der Waals surface area contributed by atoms with Gasteiger partial charge in [0.2, 0.25) is 0 Å². The minimum atomic E-state index is -0.534. The molecule has 0 saturated carbocycles. The molecule has 0 fully saturated rings. The highest BCUT2D eigenvalue weighted by molar-refractivity contribution is 5.70. The number of esters is 2. The molecule has 5 nitrogen and oxygen atoms in total. The van der Waals surface area contributed by atoms with Crippen LogP contribution in [0.3, 0.4) is 0 Å². The van der Waals surface area contributed by atoms with Crippen LogP contribution < -0.4 is 0 Å². The van der Waals surface area contributed by atoms with E-state index in [1.165, 1.54) is 257 Å². The molecule has 0 aliphatic rings. The lowest BCUT2D eigenvalue weighted by Crippen LogP contribution is -2.30. The zero-order valence-corrected chi connectivity index (χ0v) is 45.0. The molecular weight excluding hydrogens is 813 g/mol. The Bertz CT molecular complexity index is 1010. The topological polar surface area (TPSA) is 61.8 Å². The molecule has 1 atom stereocenters. The van der Waals surface area contributed by atoms with Gasteiger partial charge in [0, 0.05) is 19.4 Å². The summed E-state index contributed by atoms with van der Waals surface area (Å²) in [6.45, 7) is 7.85. The van der Waals surface area contributed by atoms with Crippen molar-refractivity contribution in [1.29, 1.82) is 0 Å². The van der Waals surface area contributed by atoms with Crippen LogP contribution in [0.25, 0.3) is 0 Å². The van der Waals surface area contributed by atoms with Gasteiger partial charge in [-0.25, -0.2) is 0 Å². The van der Waals surface area contributed by atoms with Crippen molar-refractivity contribution in [2.24, 2.45) is 0 Å². The van der Waals surface area contributed by atoms with Crippen molar-refractivity contribution in [2.75, 3.05) is 19.8 Å². The van der Waals surface area contributed by atoms with Gasteiger partial charge in [0.15, 0.2) is 6.10 Å². The molecule has 1 unspecified atom stereocenters. The Morgan fingerprint density at radius 1 is 0.318 bits per heavy atom. The number of rotatable bonds is 56. The van der Waals surface area contributed by atoms with Gasteiger partial charge >= 0.3 is 11.9 Å². The minimum absolute atomic E-state index is 0.0889. The monoisotopic (exact) mass is 929 g/mol. The molecular formula is C61H116O5. The largest absolute Gasteiger partial charge is 0.462 e. The van der Waals surface area contributed by atoms with Crippen LogP contribution in [0, 0.1) is 0 Å². The van der Waals surface area contributed by atoms with Gasteiger partial charge in [-0.3, -0.25) is 9.59 Å². The second-order valence-corrected chi connectivity index (χ2v) is 20.3. The maximum absolute atomic E-state index is 12.9. The van der Waals surface area contributed by atoms with Crippen molar-refractivity contribution in [2.45, 2.75) is 335 Å². The third-order valence-electron chi connectivity index (χ3n) is 13.5. The van der Waals surface area contributed by atoms with Crippen LogP contribution in [-0.4, -0.2) is 37.9 Å². The number of unbranched alkanes of at least 4 members (excludes halogenated alkanes) is 41. The first kappa shape index (κ1) is 64.4. The molecule has 0 rings (SSSR count). The van der Waals surface area contributed by atoms with E-state index in [2.05, 4.69) is 45.1 Å². The van der Waals surface area contributed by atoms with E-state index in [4.69, 9.17) is 14.2 Å². The fourth-order valence-electron chi connectivity index (χ4n) is 8.96. The molecule has 0 saturated heterocycles. The van der Waals surface area contributed by atoms with Crippen LogP contribution in [0.5, 0.6) is 0 Å². The SMILES string of the molecule is CCCC/C=C\CCCCCCCCOCC(COC(=O)CCCCCCCCCCC/C=C\CCCCCCCC)OC(=O)CCCCCCCCCCCCCCCCCCCCC. The van der Waals surface area contributed by atoms with E-state index in [-0.39, 0.29) is 18.5 Å². The quantitative estimate of drug-likeness (QED) is 0.0345. The number of carbonyl (C=O) groups is 2. The van der Waals surface area contributed by atoms with Gasteiger partial charge < -0.3 is 14.2 Å². The molecule has 0 aliphatic carbocycles. The number of hydrogen-bond acceptors (Lipinski definition) is 5. The summed E-state index contributed by atoms with van der Waals surface area (Å²) in [4.78, 5) is 25.5. The van der Waals surface area contributed by atoms with Crippen LogP contribution in [0.1, 0.15) is 329 Å². The van der Waals surface area contributed by atoms with Crippen LogP contribution in [0.4, 0.5) is 0 Å². The average Bonchev–Trinajstić information content (AvgIpc) is 3.32. The molecule has 0 bridgehead atoms. The summed E-state index contributed by atoms with van der Waals surface area (Å²) in [5.41, 5.74) is 0. The molecule has 0 heterocycles. The van der Waals surface area contributed by atoms with E-state index in [9.17, 15) is 9.59 Å². The fraction of sp³-hybridized carbons (Fsp3) is 0.902. The summed E-state index contributed by atoms with van der Waals surface area (Å²) in [6, 6.07) is 0. The van der Waals surface area contributed by atoms with Gasteiger partial charge in [-0.15, -0.1) is 0 Å². The molecule has 0 radical (unpaired) electrons. The van der Waals surface area contributed by atoms with Gasteiger partial charge in [0.1, 0.15) is 6.61 Å². The van der Waals surface area contributed by atoms with Gasteiger partial charge in [-0.2, -0.15) is 0 Å². The summed E-state index contributed by atoms with van der Waals surface area (Å²) in [7, 11) is 0. The highest BCUT2D eigenvalue weighted by Gasteiger charge is 2.17. The standard InChI is InChI=1S/C61H116O5/c1-4-7-10-13-16-19-22-25-27-29-31-33-35-37-39-42-45-48-51-54-60(62)65-58-59(57-64-56-53-50-47-44-41-24-21-18-15-12-9-6-3)66-61(63)55-52-49-46-43-40-38-36-34-32-30-28-26-23-20-17-14-11-8-5-2/h15,18,25,27,59H,4-14,16-17,19-24,26,28-58H2,1-3H3/b18-15-,27-25-. The van der Waals surface area contributed by atoms with Gasteiger partial charge in [0.05, 0.1) is 6.61 Å². The summed E-state index contributed by atoms with van der Waals surface area (Å²) < 4.78 is 17.5. The van der Waals surface area contributed by atoms with Crippen molar-refractivity contribution in [3.8, 4) is 0 Å². The third-order valence-corrected chi connectivity index (χ3v) is 13.5. The van der Waals surface area contributed by atoms with E-state index in [1.54, 1.807) is 0 Å². The van der Waals surface area contributed by atoms with E-state index in [0.717, 1.165) is 38.5 Å². The lowest BCUT2D eigenvalue weighted by Gasteiger charge is -2.18. The Morgan fingerprint density at radius 3 is 0.970 bits per heavy atom. The number of allylic oxidation sites excluding steroid dienone is 4. The van der Waals surface area contributed by atoms with Crippen molar-refractivity contribution < 1.29 is 23.8 Å². The molecule has 66 heavy (non-hydrogen) atoms. The second kappa shape index (κ2) is 57.7. The number of hydrogen-bond donors (Lipinski definition) is 0. The second-order valence-electron chi connectivity index (χ2n) is 20.3. The molecule has 5 heteroatoms. The summed E-state index contributed by atoms with van der Waals surface area (Å²) in [6.07, 6.45) is 69.2. The van der Waals surface area contributed by atoms with E-state index in [0.29, 0.717) is 26.1 Å². The van der Waals surface area contributed by atoms with Crippen molar-refractivity contribution in [3.05, 3.63) is 24.3 Å². The highest BCUT2D eigenvalue weighted by atomic mass is 16.6. The van der Waals surface area contributed by atoms with Gasteiger partial charge in [0.25, 0.3) is 0 Å². The first-order valence-corrected chi connectivity index (χ1v) is 29.9. The molecule has 0 aliphatic heterocycles. The van der Waals surface area contributed by atoms with Gasteiger partial charge in [-0.1, -0.05) is 276 Å². The molecule has 0 aromatic rings. The molecule has 0 N–H and O–H groups in total.